The zero-order valence-electron chi connectivity index (χ0n) is 16.1. The second-order valence-corrected chi connectivity index (χ2v) is 10.2. The highest BCUT2D eigenvalue weighted by atomic mass is 79.9. The van der Waals surface area contributed by atoms with Crippen LogP contribution in [0.4, 0.5) is 0 Å². The molecule has 4 rings (SSSR count). The molecule has 0 saturated carbocycles. The zero-order valence-corrected chi connectivity index (χ0v) is 19.3. The SMILES string of the molecule is O=C(NC1=N[C@@]2(c3nc(Br)cs3)COC(CO)(CO)CC2CCS1)c1ccccc1. The van der Waals surface area contributed by atoms with E-state index in [2.05, 4.69) is 26.2 Å². The normalized spacial score (nSPS) is 25.7. The van der Waals surface area contributed by atoms with Crippen LogP contribution in [0.25, 0.3) is 0 Å². The van der Waals surface area contributed by atoms with Crippen molar-refractivity contribution >= 4 is 50.1 Å². The van der Waals surface area contributed by atoms with E-state index in [9.17, 15) is 15.0 Å². The summed E-state index contributed by atoms with van der Waals surface area (Å²) in [5, 5.41) is 25.9. The maximum absolute atomic E-state index is 12.7. The summed E-state index contributed by atoms with van der Waals surface area (Å²) in [5.41, 5.74) is -1.21. The van der Waals surface area contributed by atoms with E-state index < -0.39 is 11.1 Å². The molecule has 0 spiro atoms. The predicted octanol–water partition coefficient (Wildman–Crippen LogP) is 2.78. The Morgan fingerprint density at radius 3 is 2.73 bits per heavy atom. The van der Waals surface area contributed by atoms with E-state index in [1.165, 1.54) is 23.1 Å². The standard InChI is InChI=1S/C20H22BrN3O4S2/c21-15-9-30-17(22-15)20-12-28-19(10-25,11-26)8-14(20)6-7-29-18(24-20)23-16(27)13-4-2-1-3-5-13/h1-5,9,14,25-26H,6-8,10-12H2,(H,23,24,27)/t14?,20-/m0/s1. The molecule has 0 bridgehead atoms. The van der Waals surface area contributed by atoms with Gasteiger partial charge >= 0.3 is 0 Å². The number of nitrogens with one attached hydrogen (secondary N) is 1. The number of fused-ring (bicyclic) bond motifs is 1. The summed E-state index contributed by atoms with van der Waals surface area (Å²) in [7, 11) is 0. The van der Waals surface area contributed by atoms with Crippen LogP contribution in [0.1, 0.15) is 28.2 Å². The van der Waals surface area contributed by atoms with Crippen molar-refractivity contribution in [3.8, 4) is 0 Å². The number of benzene rings is 1. The van der Waals surface area contributed by atoms with Crippen LogP contribution in [-0.4, -0.2) is 57.4 Å². The van der Waals surface area contributed by atoms with Crippen LogP contribution in [0.2, 0.25) is 0 Å². The highest BCUT2D eigenvalue weighted by Gasteiger charge is 2.53. The van der Waals surface area contributed by atoms with Gasteiger partial charge in [0.15, 0.2) is 5.17 Å². The number of thiazole rings is 1. The number of aliphatic imine (C=N–C) groups is 1. The van der Waals surface area contributed by atoms with Gasteiger partial charge in [0.05, 0.1) is 19.8 Å². The molecule has 2 atom stereocenters. The second-order valence-electron chi connectivity index (χ2n) is 7.46. The lowest BCUT2D eigenvalue weighted by atomic mass is 9.74. The molecule has 1 aromatic carbocycles. The molecule has 160 valence electrons. The Hall–Kier alpha value is -1.30. The minimum atomic E-state index is -0.985. The van der Waals surface area contributed by atoms with Crippen LogP contribution < -0.4 is 5.32 Å². The van der Waals surface area contributed by atoms with Gasteiger partial charge in [-0.1, -0.05) is 30.0 Å². The molecule has 1 fully saturated rings. The minimum Gasteiger partial charge on any atom is -0.393 e. The first kappa shape index (κ1) is 21.9. The molecule has 1 unspecified atom stereocenters. The highest BCUT2D eigenvalue weighted by Crippen LogP contribution is 2.49. The van der Waals surface area contributed by atoms with Crippen LogP contribution >= 0.6 is 39.0 Å². The number of thioether (sulfide) groups is 1. The number of nitrogens with zero attached hydrogens (tertiary/aromatic N) is 2. The summed E-state index contributed by atoms with van der Waals surface area (Å²) in [6, 6.07) is 9.02. The molecule has 2 aliphatic rings. The van der Waals surface area contributed by atoms with Crippen molar-refractivity contribution in [2.75, 3.05) is 25.6 Å². The number of amides is 1. The van der Waals surface area contributed by atoms with E-state index in [0.717, 1.165) is 21.8 Å². The zero-order chi connectivity index (χ0) is 21.2. The summed E-state index contributed by atoms with van der Waals surface area (Å²) in [5.74, 6) is 0.537. The fraction of sp³-hybridized carbons (Fsp3) is 0.450. The fourth-order valence-corrected chi connectivity index (χ4v) is 6.31. The number of hydrogen-bond acceptors (Lipinski definition) is 8. The van der Waals surface area contributed by atoms with Crippen LogP contribution in [0.15, 0.2) is 45.3 Å². The van der Waals surface area contributed by atoms with Gasteiger partial charge in [-0.2, -0.15) is 0 Å². The lowest BCUT2D eigenvalue weighted by Gasteiger charge is -2.47. The Morgan fingerprint density at radius 1 is 1.30 bits per heavy atom. The van der Waals surface area contributed by atoms with Gasteiger partial charge in [-0.05, 0) is 46.8 Å². The van der Waals surface area contributed by atoms with Crippen molar-refractivity contribution in [2.24, 2.45) is 10.9 Å². The Balaban J connectivity index is 1.70. The van der Waals surface area contributed by atoms with Crippen molar-refractivity contribution in [1.29, 1.82) is 0 Å². The van der Waals surface area contributed by atoms with Gasteiger partial charge in [0.1, 0.15) is 20.8 Å². The maximum atomic E-state index is 12.7. The largest absolute Gasteiger partial charge is 0.393 e. The van der Waals surface area contributed by atoms with E-state index in [0.29, 0.717) is 17.2 Å². The molecular weight excluding hydrogens is 490 g/mol. The summed E-state index contributed by atoms with van der Waals surface area (Å²) >= 11 is 6.40. The third-order valence-corrected chi connectivity index (χ3v) is 8.20. The van der Waals surface area contributed by atoms with E-state index >= 15 is 0 Å². The smallest absolute Gasteiger partial charge is 0.257 e. The maximum Gasteiger partial charge on any atom is 0.257 e. The molecule has 1 aromatic heterocycles. The predicted molar refractivity (Wildman–Crippen MR) is 121 cm³/mol. The number of carbonyl (C=O) groups excluding carboxylic acids is 1. The van der Waals surface area contributed by atoms with Crippen molar-refractivity contribution in [1.82, 2.24) is 10.3 Å². The molecule has 1 saturated heterocycles. The Kier molecular flexibility index (Phi) is 6.61. The molecule has 10 heteroatoms. The third-order valence-electron chi connectivity index (χ3n) is 5.58. The number of ether oxygens (including phenoxy) is 1. The lowest BCUT2D eigenvalue weighted by Crippen LogP contribution is -2.55. The molecule has 2 aromatic rings. The fourth-order valence-electron chi connectivity index (χ4n) is 3.86. The minimum absolute atomic E-state index is 0.00206. The van der Waals surface area contributed by atoms with Gasteiger partial charge in [-0.25, -0.2) is 9.98 Å². The summed E-state index contributed by atoms with van der Waals surface area (Å²) in [4.78, 5) is 22.3. The molecule has 0 aliphatic carbocycles. The van der Waals surface area contributed by atoms with Gasteiger partial charge in [0.2, 0.25) is 0 Å². The van der Waals surface area contributed by atoms with Gasteiger partial charge in [0.25, 0.3) is 5.91 Å². The third kappa shape index (κ3) is 4.21. The second kappa shape index (κ2) is 9.05. The van der Waals surface area contributed by atoms with Gasteiger partial charge in [0, 0.05) is 16.7 Å². The molecular formula is C20H22BrN3O4S2. The first-order chi connectivity index (χ1) is 14.5. The average Bonchev–Trinajstić information content (AvgIpc) is 3.13. The molecule has 3 heterocycles. The van der Waals surface area contributed by atoms with Crippen LogP contribution in [0.5, 0.6) is 0 Å². The van der Waals surface area contributed by atoms with Crippen LogP contribution in [0.3, 0.4) is 0 Å². The first-order valence-corrected chi connectivity index (χ1v) is 12.2. The Bertz CT molecular complexity index is 935. The number of halogens is 1. The molecule has 1 amide bonds. The van der Waals surface area contributed by atoms with Gasteiger partial charge < -0.3 is 20.3 Å². The van der Waals surface area contributed by atoms with Gasteiger partial charge in [-0.15, -0.1) is 11.3 Å². The molecule has 30 heavy (non-hydrogen) atoms. The summed E-state index contributed by atoms with van der Waals surface area (Å²) in [6.45, 7) is -0.345. The number of amidine groups is 1. The Morgan fingerprint density at radius 2 is 2.07 bits per heavy atom. The number of carbonyl (C=O) groups is 1. The number of aliphatic hydroxyl groups is 2. The van der Waals surface area contributed by atoms with Crippen molar-refractivity contribution in [2.45, 2.75) is 24.0 Å². The molecule has 2 aliphatic heterocycles. The monoisotopic (exact) mass is 511 g/mol. The molecule has 3 N–H and O–H groups in total. The van der Waals surface area contributed by atoms with Gasteiger partial charge in [-0.3, -0.25) is 4.79 Å². The number of aliphatic hydroxyl groups excluding tert-OH is 2. The highest BCUT2D eigenvalue weighted by molar-refractivity contribution is 9.10. The Labute approximate surface area is 191 Å². The van der Waals surface area contributed by atoms with Crippen LogP contribution in [-0.2, 0) is 10.3 Å². The number of rotatable bonds is 4. The van der Waals surface area contributed by atoms with E-state index in [1.807, 2.05) is 23.6 Å². The number of hydrogen-bond donors (Lipinski definition) is 3. The molecule has 0 radical (unpaired) electrons. The van der Waals surface area contributed by atoms with E-state index in [4.69, 9.17) is 9.73 Å². The summed E-state index contributed by atoms with van der Waals surface area (Å²) in [6.07, 6.45) is 1.25. The van der Waals surface area contributed by atoms with Crippen molar-refractivity contribution in [3.63, 3.8) is 0 Å². The van der Waals surface area contributed by atoms with E-state index in [-0.39, 0.29) is 31.6 Å². The summed E-state index contributed by atoms with van der Waals surface area (Å²) < 4.78 is 6.74. The van der Waals surface area contributed by atoms with Crippen molar-refractivity contribution in [3.05, 3.63) is 50.9 Å². The van der Waals surface area contributed by atoms with Crippen molar-refractivity contribution < 1.29 is 19.7 Å². The average molecular weight is 512 g/mol. The molecule has 7 nitrogen and oxygen atoms in total. The van der Waals surface area contributed by atoms with Crippen LogP contribution in [0, 0.1) is 5.92 Å². The van der Waals surface area contributed by atoms with E-state index in [1.54, 1.807) is 12.1 Å². The topological polar surface area (TPSA) is 104 Å². The lowest BCUT2D eigenvalue weighted by molar-refractivity contribution is -0.174. The number of aromatic nitrogens is 1. The first-order valence-electron chi connectivity index (χ1n) is 9.56. The quantitative estimate of drug-likeness (QED) is 0.582.